The number of para-hydroxylation sites is 1. The van der Waals surface area contributed by atoms with Crippen LogP contribution in [0.3, 0.4) is 0 Å². The second kappa shape index (κ2) is 21.4. The Morgan fingerprint density at radius 2 is 0.923 bits per heavy atom. The number of hydrogen-bond donors (Lipinski definition) is 1. The number of benzene rings is 10. The van der Waals surface area contributed by atoms with Crippen LogP contribution in [0.4, 0.5) is 0 Å². The topological polar surface area (TPSA) is 50.9 Å². The molecule has 10 aromatic carbocycles. The van der Waals surface area contributed by atoms with Gasteiger partial charge < -0.3 is 5.11 Å². The minimum absolute atomic E-state index is 0. The quantitative estimate of drug-likeness (QED) is 0.131. The molecule has 0 aliphatic heterocycles. The van der Waals surface area contributed by atoms with Crippen LogP contribution in [0.15, 0.2) is 255 Å². The fourth-order valence-electron chi connectivity index (χ4n) is 10.7. The van der Waals surface area contributed by atoms with E-state index in [1.54, 1.807) is 0 Å². The second-order valence-electron chi connectivity index (χ2n) is 21.5. The Bertz CT molecular complexity index is 4090. The summed E-state index contributed by atoms with van der Waals surface area (Å²) in [5, 5.41) is 12.9. The third-order valence-corrected chi connectivity index (χ3v) is 15.1. The van der Waals surface area contributed by atoms with Crippen molar-refractivity contribution in [2.24, 2.45) is 0 Å². The Kier molecular flexibility index (Phi) is 14.1. The van der Waals surface area contributed by atoms with Crippen molar-refractivity contribution in [3.63, 3.8) is 0 Å². The summed E-state index contributed by atoms with van der Waals surface area (Å²) in [5.41, 5.74) is 20.2. The number of phenols is 1. The fourth-order valence-corrected chi connectivity index (χ4v) is 10.7. The Balaban J connectivity index is 0.00000645. The fraction of sp³-hybridized carbons (Fsp3) is 0.0959. The summed E-state index contributed by atoms with van der Waals surface area (Å²) in [5.74, 6) is 0.772. The van der Waals surface area contributed by atoms with Crippen LogP contribution in [-0.2, 0) is 31.9 Å². The van der Waals surface area contributed by atoms with Crippen LogP contribution in [0.1, 0.15) is 51.3 Å². The van der Waals surface area contributed by atoms with E-state index >= 15 is 0 Å². The van der Waals surface area contributed by atoms with E-state index in [0.29, 0.717) is 11.4 Å². The molecule has 78 heavy (non-hydrogen) atoms. The third-order valence-electron chi connectivity index (χ3n) is 15.1. The molecule has 0 atom stereocenters. The maximum absolute atomic E-state index is 12.9. The molecule has 0 bridgehead atoms. The number of aromatic nitrogens is 3. The van der Waals surface area contributed by atoms with Gasteiger partial charge in [-0.1, -0.05) is 251 Å². The summed E-state index contributed by atoms with van der Waals surface area (Å²) in [6.45, 7) is 11.3. The number of phenolic OH excluding ortho intramolecular Hbond substituents is 1. The SMILES string of the molecule is CC(C)(C)c1ccc(-n2c(-c3cc(-c4ccccc4)cc(-c4ccccc4)c3O)nc3c(-c4[c-]c(-c5cc(-c6cccc(C(C)(C)c7ccccc7)c6)ccn5)cc(-c5ccccc5)c4)cccc32)c(-c2ccccc2)c1.[Pt]. The van der Waals surface area contributed by atoms with Crippen molar-refractivity contribution in [3.05, 3.63) is 278 Å². The largest absolute Gasteiger partial charge is 0.507 e. The van der Waals surface area contributed by atoms with Crippen LogP contribution in [0.2, 0.25) is 0 Å². The molecule has 0 saturated heterocycles. The maximum atomic E-state index is 12.9. The molecule has 1 N–H and O–H groups in total. The summed E-state index contributed by atoms with van der Waals surface area (Å²) in [6, 6.07) is 91.2. The zero-order valence-corrected chi connectivity index (χ0v) is 46.6. The number of nitrogens with zero attached hydrogens (tertiary/aromatic N) is 3. The average molecular weight is 1190 g/mol. The normalized spacial score (nSPS) is 11.6. The summed E-state index contributed by atoms with van der Waals surface area (Å²) in [7, 11) is 0. The van der Waals surface area contributed by atoms with E-state index in [-0.39, 0.29) is 37.6 Å². The van der Waals surface area contributed by atoms with E-state index in [2.05, 4.69) is 270 Å². The van der Waals surface area contributed by atoms with Crippen molar-refractivity contribution in [2.75, 3.05) is 0 Å². The van der Waals surface area contributed by atoms with E-state index in [1.807, 2.05) is 30.5 Å². The predicted octanol–water partition coefficient (Wildman–Crippen LogP) is 18.9. The van der Waals surface area contributed by atoms with Crippen LogP contribution >= 0.6 is 0 Å². The molecule has 0 spiro atoms. The van der Waals surface area contributed by atoms with Gasteiger partial charge in [0, 0.05) is 49.5 Å². The van der Waals surface area contributed by atoms with E-state index in [1.165, 1.54) is 16.7 Å². The first-order valence-corrected chi connectivity index (χ1v) is 26.4. The molecule has 5 heteroatoms. The molecule has 4 nitrogen and oxygen atoms in total. The maximum Gasteiger partial charge on any atom is 0.148 e. The molecule has 0 aliphatic carbocycles. The molecule has 0 aliphatic rings. The van der Waals surface area contributed by atoms with Crippen molar-refractivity contribution >= 4 is 11.0 Å². The van der Waals surface area contributed by atoms with Crippen molar-refractivity contribution in [3.8, 4) is 101 Å². The van der Waals surface area contributed by atoms with Gasteiger partial charge in [-0.15, -0.1) is 23.8 Å². The number of pyridine rings is 1. The first kappa shape index (κ1) is 51.4. The molecule has 0 saturated carbocycles. The molecule has 12 aromatic rings. The van der Waals surface area contributed by atoms with Gasteiger partial charge in [0.2, 0.25) is 0 Å². The van der Waals surface area contributed by atoms with Crippen molar-refractivity contribution in [1.29, 1.82) is 0 Å². The van der Waals surface area contributed by atoms with Gasteiger partial charge in [0.05, 0.1) is 22.3 Å². The number of imidazole rings is 1. The van der Waals surface area contributed by atoms with Crippen LogP contribution < -0.4 is 0 Å². The van der Waals surface area contributed by atoms with E-state index in [0.717, 1.165) is 94.7 Å². The summed E-state index contributed by atoms with van der Waals surface area (Å²) >= 11 is 0. The molecule has 2 aromatic heterocycles. The van der Waals surface area contributed by atoms with Crippen LogP contribution in [0.5, 0.6) is 5.75 Å². The Morgan fingerprint density at radius 1 is 0.397 bits per heavy atom. The average Bonchev–Trinajstić information content (AvgIpc) is 4.10. The molecular formula is C73H58N3OPt-. The molecule has 12 rings (SSSR count). The zero-order chi connectivity index (χ0) is 52.7. The van der Waals surface area contributed by atoms with Gasteiger partial charge in [-0.3, -0.25) is 9.55 Å². The van der Waals surface area contributed by atoms with Gasteiger partial charge in [0.25, 0.3) is 0 Å². The standard InChI is InChI=1S/C73H58N3O.Pt/c1-72(2,3)60-37-38-67(63(48-60)51-27-15-8-16-28-51)76-68-36-22-35-62(69(68)75-71(76)65-46-56(50-25-13-7-14-26-50)45-64(70(65)77)52-29-17-9-18-30-52)57-41-55(49-23-11-6-12-24-49)42-58(43-57)66-47-54(39-40-74-66)53-31-21-34-61(44-53)73(4,5)59-32-19-10-20-33-59;/h6-42,44-48,77H,1-5H3;/q-1;. The second-order valence-corrected chi connectivity index (χ2v) is 21.5. The van der Waals surface area contributed by atoms with E-state index in [9.17, 15) is 5.11 Å². The number of rotatable bonds is 11. The first-order valence-electron chi connectivity index (χ1n) is 26.4. The molecule has 0 unspecified atom stereocenters. The zero-order valence-electron chi connectivity index (χ0n) is 44.4. The van der Waals surface area contributed by atoms with E-state index in [4.69, 9.17) is 9.97 Å². The first-order chi connectivity index (χ1) is 37.5. The number of aromatic hydroxyl groups is 1. The monoisotopic (exact) mass is 1190 g/mol. The van der Waals surface area contributed by atoms with Gasteiger partial charge in [-0.2, -0.15) is 0 Å². The van der Waals surface area contributed by atoms with Crippen molar-refractivity contribution < 1.29 is 26.2 Å². The van der Waals surface area contributed by atoms with Crippen LogP contribution in [0.25, 0.3) is 106 Å². The predicted molar refractivity (Wildman–Crippen MR) is 320 cm³/mol. The Morgan fingerprint density at radius 3 is 1.56 bits per heavy atom. The Hall–Kier alpha value is -8.69. The Labute approximate surface area is 472 Å². The van der Waals surface area contributed by atoms with Gasteiger partial charge >= 0.3 is 0 Å². The summed E-state index contributed by atoms with van der Waals surface area (Å²) in [6.07, 6.45) is 1.91. The minimum Gasteiger partial charge on any atom is -0.507 e. The van der Waals surface area contributed by atoms with Crippen molar-refractivity contribution in [2.45, 2.75) is 45.4 Å². The van der Waals surface area contributed by atoms with Gasteiger partial charge in [0.1, 0.15) is 11.6 Å². The van der Waals surface area contributed by atoms with Gasteiger partial charge in [-0.05, 0) is 97.4 Å². The number of fused-ring (bicyclic) bond motifs is 1. The molecule has 0 amide bonds. The van der Waals surface area contributed by atoms with Gasteiger partial charge in [0.15, 0.2) is 0 Å². The smallest absolute Gasteiger partial charge is 0.148 e. The number of hydrogen-bond acceptors (Lipinski definition) is 3. The van der Waals surface area contributed by atoms with Crippen LogP contribution in [0, 0.1) is 6.07 Å². The molecule has 2 heterocycles. The summed E-state index contributed by atoms with van der Waals surface area (Å²) in [4.78, 5) is 10.8. The molecule has 0 fully saturated rings. The van der Waals surface area contributed by atoms with E-state index < -0.39 is 0 Å². The minimum atomic E-state index is -0.194. The van der Waals surface area contributed by atoms with Gasteiger partial charge in [-0.25, -0.2) is 4.98 Å². The van der Waals surface area contributed by atoms with Crippen LogP contribution in [-0.4, -0.2) is 19.6 Å². The molecular weight excluding hydrogens is 1130 g/mol. The summed E-state index contributed by atoms with van der Waals surface area (Å²) < 4.78 is 2.26. The molecule has 0 radical (unpaired) electrons. The van der Waals surface area contributed by atoms with Crippen molar-refractivity contribution in [1.82, 2.24) is 14.5 Å². The third kappa shape index (κ3) is 9.97. The molecule has 382 valence electrons.